The Labute approximate surface area is 140 Å². The van der Waals surface area contributed by atoms with Crippen molar-refractivity contribution in [2.45, 2.75) is 18.4 Å². The van der Waals surface area contributed by atoms with Crippen molar-refractivity contribution in [3.63, 3.8) is 0 Å². The number of benzene rings is 1. The van der Waals surface area contributed by atoms with Gasteiger partial charge in [-0.3, -0.25) is 4.98 Å². The van der Waals surface area contributed by atoms with E-state index in [1.54, 1.807) is 24.4 Å². The Morgan fingerprint density at radius 1 is 1.17 bits per heavy atom. The van der Waals surface area contributed by atoms with E-state index in [4.69, 9.17) is 9.15 Å². The van der Waals surface area contributed by atoms with Crippen molar-refractivity contribution in [2.24, 2.45) is 0 Å². The highest BCUT2D eigenvalue weighted by molar-refractivity contribution is 7.90. The summed E-state index contributed by atoms with van der Waals surface area (Å²) in [5.74, 6) is 1.11. The molecule has 6 nitrogen and oxygen atoms in total. The second kappa shape index (κ2) is 6.45. The normalized spacial score (nSPS) is 11.4. The van der Waals surface area contributed by atoms with Crippen LogP contribution in [-0.2, 0) is 16.4 Å². The van der Waals surface area contributed by atoms with Gasteiger partial charge in [-0.05, 0) is 43.3 Å². The van der Waals surface area contributed by atoms with Gasteiger partial charge in [0.2, 0.25) is 5.89 Å². The molecule has 24 heavy (non-hydrogen) atoms. The molecule has 0 saturated carbocycles. The van der Waals surface area contributed by atoms with Crippen LogP contribution in [0.5, 0.6) is 5.75 Å². The number of nitrogens with zero attached hydrogens (tertiary/aromatic N) is 2. The Kier molecular flexibility index (Phi) is 4.35. The lowest BCUT2D eigenvalue weighted by Crippen LogP contribution is -1.98. The first-order valence-corrected chi connectivity index (χ1v) is 9.12. The number of hydrogen-bond donors (Lipinski definition) is 0. The number of hydrogen-bond acceptors (Lipinski definition) is 6. The molecule has 0 bridgehead atoms. The van der Waals surface area contributed by atoms with Crippen molar-refractivity contribution in [3.8, 4) is 17.2 Å². The molecule has 0 saturated heterocycles. The van der Waals surface area contributed by atoms with Crippen molar-refractivity contribution < 1.29 is 17.6 Å². The largest absolute Gasteiger partial charge is 0.485 e. The molecule has 124 valence electrons. The fourth-order valence-electron chi connectivity index (χ4n) is 2.12. The Hall–Kier alpha value is -2.67. The van der Waals surface area contributed by atoms with Gasteiger partial charge >= 0.3 is 0 Å². The molecular formula is C17H16N2O4S. The number of sulfone groups is 1. The summed E-state index contributed by atoms with van der Waals surface area (Å²) in [6, 6.07) is 10.0. The van der Waals surface area contributed by atoms with Crippen LogP contribution in [0.25, 0.3) is 11.5 Å². The van der Waals surface area contributed by atoms with E-state index in [9.17, 15) is 8.42 Å². The predicted octanol–water partition coefficient (Wildman–Crippen LogP) is 3.03. The summed E-state index contributed by atoms with van der Waals surface area (Å²) in [7, 11) is -3.22. The molecule has 1 aromatic carbocycles. The van der Waals surface area contributed by atoms with E-state index in [1.807, 2.05) is 13.0 Å². The fourth-order valence-corrected chi connectivity index (χ4v) is 2.75. The molecule has 0 atom stereocenters. The Bertz CT molecular complexity index is 947. The molecule has 0 spiro atoms. The zero-order valence-corrected chi connectivity index (χ0v) is 14.1. The molecule has 0 aliphatic heterocycles. The van der Waals surface area contributed by atoms with Crippen molar-refractivity contribution >= 4 is 9.84 Å². The summed E-state index contributed by atoms with van der Waals surface area (Å²) in [5.41, 5.74) is 2.14. The van der Waals surface area contributed by atoms with Gasteiger partial charge in [0, 0.05) is 18.0 Å². The maximum atomic E-state index is 11.5. The second-order valence-corrected chi connectivity index (χ2v) is 7.33. The van der Waals surface area contributed by atoms with Gasteiger partial charge in [-0.15, -0.1) is 0 Å². The van der Waals surface area contributed by atoms with Crippen molar-refractivity contribution in [1.82, 2.24) is 9.97 Å². The molecule has 0 fully saturated rings. The number of pyridine rings is 1. The molecule has 0 N–H and O–H groups in total. The molecule has 0 aliphatic rings. The average Bonchev–Trinajstić information content (AvgIpc) is 3.02. The van der Waals surface area contributed by atoms with Crippen LogP contribution in [-0.4, -0.2) is 24.6 Å². The quantitative estimate of drug-likeness (QED) is 0.707. The minimum atomic E-state index is -3.22. The molecule has 0 amide bonds. The molecular weight excluding hydrogens is 328 g/mol. The smallest absolute Gasteiger partial charge is 0.226 e. The third kappa shape index (κ3) is 3.62. The van der Waals surface area contributed by atoms with Crippen molar-refractivity contribution in [3.05, 3.63) is 60.2 Å². The van der Waals surface area contributed by atoms with E-state index in [2.05, 4.69) is 9.97 Å². The van der Waals surface area contributed by atoms with Crippen LogP contribution >= 0.6 is 0 Å². The second-order valence-electron chi connectivity index (χ2n) is 5.32. The minimum absolute atomic E-state index is 0.258. The Morgan fingerprint density at radius 2 is 1.92 bits per heavy atom. The number of ether oxygens (including phenoxy) is 1. The maximum Gasteiger partial charge on any atom is 0.226 e. The lowest BCUT2D eigenvalue weighted by atomic mass is 10.2. The SMILES string of the molecule is Cc1ncccc1OCc1coc(-c2ccc(S(C)(=O)=O)cc2)n1. The Morgan fingerprint density at radius 3 is 2.58 bits per heavy atom. The summed E-state index contributed by atoms with van der Waals surface area (Å²) >= 11 is 0. The molecule has 0 aliphatic carbocycles. The maximum absolute atomic E-state index is 11.5. The monoisotopic (exact) mass is 344 g/mol. The summed E-state index contributed by atoms with van der Waals surface area (Å²) in [4.78, 5) is 8.77. The van der Waals surface area contributed by atoms with Gasteiger partial charge in [0.1, 0.15) is 24.3 Å². The number of rotatable bonds is 5. The van der Waals surface area contributed by atoms with Crippen LogP contribution in [0.15, 0.2) is 58.2 Å². The van der Waals surface area contributed by atoms with Crippen molar-refractivity contribution in [1.29, 1.82) is 0 Å². The van der Waals surface area contributed by atoms with E-state index in [0.29, 0.717) is 22.9 Å². The van der Waals surface area contributed by atoms with Gasteiger partial charge in [0.25, 0.3) is 0 Å². The topological polar surface area (TPSA) is 82.3 Å². The molecule has 2 heterocycles. The van der Waals surface area contributed by atoms with Crippen LogP contribution < -0.4 is 4.74 Å². The van der Waals surface area contributed by atoms with Crippen LogP contribution in [0.3, 0.4) is 0 Å². The van der Waals surface area contributed by atoms with Crippen LogP contribution in [0, 0.1) is 6.92 Å². The zero-order chi connectivity index (χ0) is 17.2. The minimum Gasteiger partial charge on any atom is -0.485 e. The van der Waals surface area contributed by atoms with Gasteiger partial charge in [0.05, 0.1) is 10.6 Å². The van der Waals surface area contributed by atoms with E-state index in [0.717, 1.165) is 5.69 Å². The molecule has 2 aromatic heterocycles. The highest BCUT2D eigenvalue weighted by atomic mass is 32.2. The van der Waals surface area contributed by atoms with E-state index in [1.165, 1.54) is 24.7 Å². The van der Waals surface area contributed by atoms with E-state index < -0.39 is 9.84 Å². The fraction of sp³-hybridized carbons (Fsp3) is 0.176. The van der Waals surface area contributed by atoms with Crippen molar-refractivity contribution in [2.75, 3.05) is 6.26 Å². The number of aryl methyl sites for hydroxylation is 1. The first kappa shape index (κ1) is 16.2. The molecule has 3 aromatic rings. The lowest BCUT2D eigenvalue weighted by Gasteiger charge is -2.05. The van der Waals surface area contributed by atoms with Gasteiger partial charge in [0.15, 0.2) is 9.84 Å². The number of aromatic nitrogens is 2. The van der Waals surface area contributed by atoms with E-state index in [-0.39, 0.29) is 11.5 Å². The first-order valence-electron chi connectivity index (χ1n) is 7.23. The van der Waals surface area contributed by atoms with Crippen LogP contribution in [0.1, 0.15) is 11.4 Å². The number of oxazole rings is 1. The third-order valence-corrected chi connectivity index (χ3v) is 4.54. The Balaban J connectivity index is 1.72. The summed E-state index contributed by atoms with van der Waals surface area (Å²) in [6.07, 6.45) is 4.39. The summed E-state index contributed by atoms with van der Waals surface area (Å²) < 4.78 is 34.1. The molecule has 7 heteroatoms. The average molecular weight is 344 g/mol. The summed E-state index contributed by atoms with van der Waals surface area (Å²) in [6.45, 7) is 2.13. The summed E-state index contributed by atoms with van der Waals surface area (Å²) in [5, 5.41) is 0. The molecule has 0 unspecified atom stereocenters. The predicted molar refractivity (Wildman–Crippen MR) is 88.4 cm³/mol. The van der Waals surface area contributed by atoms with E-state index >= 15 is 0 Å². The lowest BCUT2D eigenvalue weighted by molar-refractivity contribution is 0.297. The van der Waals surface area contributed by atoms with Crippen LogP contribution in [0.2, 0.25) is 0 Å². The molecule has 3 rings (SSSR count). The molecule has 0 radical (unpaired) electrons. The van der Waals surface area contributed by atoms with Gasteiger partial charge in [-0.25, -0.2) is 13.4 Å². The van der Waals surface area contributed by atoms with Gasteiger partial charge in [-0.2, -0.15) is 0 Å². The van der Waals surface area contributed by atoms with Gasteiger partial charge in [-0.1, -0.05) is 0 Å². The standard InChI is InChI=1S/C17H16N2O4S/c1-12-16(4-3-9-18-12)22-10-14-11-23-17(19-14)13-5-7-15(8-6-13)24(2,20)21/h3-9,11H,10H2,1-2H3. The first-order chi connectivity index (χ1) is 11.4. The third-order valence-electron chi connectivity index (χ3n) is 3.42. The highest BCUT2D eigenvalue weighted by Gasteiger charge is 2.11. The van der Waals surface area contributed by atoms with Crippen LogP contribution in [0.4, 0.5) is 0 Å². The highest BCUT2D eigenvalue weighted by Crippen LogP contribution is 2.22. The van der Waals surface area contributed by atoms with Gasteiger partial charge < -0.3 is 9.15 Å². The zero-order valence-electron chi connectivity index (χ0n) is 13.3.